The number of unbranched alkanes of at least 4 members (excludes halogenated alkanes) is 1. The average Bonchev–Trinajstić information content (AvgIpc) is 2.41. The first kappa shape index (κ1) is 16.3. The van der Waals surface area contributed by atoms with E-state index in [1.165, 1.54) is 12.3 Å². The Labute approximate surface area is 115 Å². The molecule has 0 aliphatic carbocycles. The monoisotopic (exact) mass is 290 g/mol. The van der Waals surface area contributed by atoms with Crippen LogP contribution in [0.15, 0.2) is 18.3 Å². The molecule has 1 aromatic heterocycles. The minimum absolute atomic E-state index is 0.0516. The highest BCUT2D eigenvalue weighted by molar-refractivity contribution is 5.75. The van der Waals surface area contributed by atoms with E-state index in [4.69, 9.17) is 0 Å². The first-order valence-corrected chi connectivity index (χ1v) is 6.32. The quantitative estimate of drug-likeness (QED) is 0.840. The molecular weight excluding hydrogens is 273 g/mol. The molecule has 0 fully saturated rings. The van der Waals surface area contributed by atoms with Crippen molar-refractivity contribution in [1.82, 2.24) is 10.3 Å². The number of alkyl halides is 3. The predicted octanol–water partition coefficient (Wildman–Crippen LogP) is 2.83. The maximum Gasteiger partial charge on any atom is 0.422 e. The second-order valence-electron chi connectivity index (χ2n) is 4.29. The number of amides is 1. The molecule has 1 rings (SSSR count). The van der Waals surface area contributed by atoms with Crippen molar-refractivity contribution in [3.8, 4) is 5.88 Å². The lowest BCUT2D eigenvalue weighted by Crippen LogP contribution is -2.22. The molecule has 4 nitrogen and oxygen atoms in total. The van der Waals surface area contributed by atoms with Crippen LogP contribution in [-0.2, 0) is 11.3 Å². The molecule has 0 bridgehead atoms. The number of pyridine rings is 1. The van der Waals surface area contributed by atoms with Gasteiger partial charge in [-0.3, -0.25) is 4.79 Å². The van der Waals surface area contributed by atoms with E-state index in [-0.39, 0.29) is 11.8 Å². The molecule has 1 amide bonds. The molecule has 0 saturated carbocycles. The van der Waals surface area contributed by atoms with Gasteiger partial charge in [0.05, 0.1) is 0 Å². The van der Waals surface area contributed by atoms with E-state index in [1.54, 1.807) is 6.07 Å². The summed E-state index contributed by atoms with van der Waals surface area (Å²) in [4.78, 5) is 15.1. The topological polar surface area (TPSA) is 51.2 Å². The lowest BCUT2D eigenvalue weighted by molar-refractivity contribution is -0.154. The van der Waals surface area contributed by atoms with Crippen LogP contribution < -0.4 is 10.1 Å². The van der Waals surface area contributed by atoms with E-state index >= 15 is 0 Å². The molecule has 0 atom stereocenters. The van der Waals surface area contributed by atoms with Gasteiger partial charge in [-0.05, 0) is 12.0 Å². The van der Waals surface area contributed by atoms with Crippen molar-refractivity contribution in [3.05, 3.63) is 23.9 Å². The number of aromatic nitrogens is 1. The Balaban J connectivity index is 2.37. The number of carbonyl (C=O) groups is 1. The van der Waals surface area contributed by atoms with E-state index in [0.29, 0.717) is 18.5 Å². The zero-order valence-electron chi connectivity index (χ0n) is 11.2. The molecule has 0 unspecified atom stereocenters. The van der Waals surface area contributed by atoms with Crippen molar-refractivity contribution in [2.75, 3.05) is 6.61 Å². The van der Waals surface area contributed by atoms with Gasteiger partial charge in [0, 0.05) is 25.2 Å². The van der Waals surface area contributed by atoms with Gasteiger partial charge in [0.2, 0.25) is 11.8 Å². The second kappa shape index (κ2) is 7.72. The van der Waals surface area contributed by atoms with Gasteiger partial charge < -0.3 is 10.1 Å². The minimum Gasteiger partial charge on any atom is -0.468 e. The molecule has 20 heavy (non-hydrogen) atoms. The Bertz CT molecular complexity index is 419. The summed E-state index contributed by atoms with van der Waals surface area (Å²) in [5.74, 6) is -0.146. The molecular formula is C13H17F3N2O2. The number of hydrogen-bond donors (Lipinski definition) is 1. The lowest BCUT2D eigenvalue weighted by atomic mass is 10.2. The Kier molecular flexibility index (Phi) is 6.27. The van der Waals surface area contributed by atoms with E-state index in [2.05, 4.69) is 15.0 Å². The molecule has 7 heteroatoms. The van der Waals surface area contributed by atoms with Crippen LogP contribution in [0.5, 0.6) is 5.88 Å². The molecule has 0 radical (unpaired) electrons. The lowest BCUT2D eigenvalue weighted by Gasteiger charge is -2.09. The van der Waals surface area contributed by atoms with Crippen molar-refractivity contribution >= 4 is 5.91 Å². The highest BCUT2D eigenvalue weighted by Gasteiger charge is 2.28. The molecule has 1 aromatic rings. The zero-order chi connectivity index (χ0) is 15.0. The van der Waals surface area contributed by atoms with Crippen LogP contribution in [0.2, 0.25) is 0 Å². The normalized spacial score (nSPS) is 11.2. The fourth-order valence-electron chi connectivity index (χ4n) is 1.38. The van der Waals surface area contributed by atoms with Gasteiger partial charge in [-0.2, -0.15) is 13.2 Å². The van der Waals surface area contributed by atoms with Crippen LogP contribution in [-0.4, -0.2) is 23.7 Å². The molecule has 0 saturated heterocycles. The summed E-state index contributed by atoms with van der Waals surface area (Å²) < 4.78 is 40.3. The molecule has 0 spiro atoms. The smallest absolute Gasteiger partial charge is 0.422 e. The van der Waals surface area contributed by atoms with Gasteiger partial charge in [-0.25, -0.2) is 4.98 Å². The first-order valence-electron chi connectivity index (χ1n) is 6.32. The maximum atomic E-state index is 11.9. The molecule has 112 valence electrons. The van der Waals surface area contributed by atoms with Crippen LogP contribution in [0.3, 0.4) is 0 Å². The van der Waals surface area contributed by atoms with Gasteiger partial charge in [0.1, 0.15) is 0 Å². The highest BCUT2D eigenvalue weighted by Crippen LogP contribution is 2.16. The molecule has 0 aromatic carbocycles. The number of rotatable bonds is 7. The third kappa shape index (κ3) is 6.96. The summed E-state index contributed by atoms with van der Waals surface area (Å²) in [6, 6.07) is 2.91. The fourth-order valence-corrected chi connectivity index (χ4v) is 1.38. The summed E-state index contributed by atoms with van der Waals surface area (Å²) >= 11 is 0. The Morgan fingerprint density at radius 3 is 2.70 bits per heavy atom. The third-order valence-electron chi connectivity index (χ3n) is 2.43. The van der Waals surface area contributed by atoms with Crippen molar-refractivity contribution in [3.63, 3.8) is 0 Å². The third-order valence-corrected chi connectivity index (χ3v) is 2.43. The summed E-state index contributed by atoms with van der Waals surface area (Å²) in [6.45, 7) is 0.930. The van der Waals surface area contributed by atoms with Crippen LogP contribution >= 0.6 is 0 Å². The number of ether oxygens (including phenoxy) is 1. The first-order chi connectivity index (χ1) is 9.40. The van der Waals surface area contributed by atoms with Gasteiger partial charge in [0.15, 0.2) is 6.61 Å². The summed E-state index contributed by atoms with van der Waals surface area (Å²) in [5.41, 5.74) is 0.703. The van der Waals surface area contributed by atoms with Crippen molar-refractivity contribution < 1.29 is 22.7 Å². The maximum absolute atomic E-state index is 11.9. The van der Waals surface area contributed by atoms with Crippen molar-refractivity contribution in [2.45, 2.75) is 38.9 Å². The van der Waals surface area contributed by atoms with E-state index in [9.17, 15) is 18.0 Å². The van der Waals surface area contributed by atoms with Crippen LogP contribution in [0.25, 0.3) is 0 Å². The summed E-state index contributed by atoms with van der Waals surface area (Å²) in [5, 5.41) is 2.71. The number of carbonyl (C=O) groups excluding carboxylic acids is 1. The van der Waals surface area contributed by atoms with Crippen LogP contribution in [0, 0.1) is 0 Å². The van der Waals surface area contributed by atoms with Crippen molar-refractivity contribution in [1.29, 1.82) is 0 Å². The van der Waals surface area contributed by atoms with E-state index < -0.39 is 12.8 Å². The van der Waals surface area contributed by atoms with Gasteiger partial charge in [0.25, 0.3) is 0 Å². The molecule has 0 aliphatic heterocycles. The van der Waals surface area contributed by atoms with Gasteiger partial charge >= 0.3 is 6.18 Å². The Morgan fingerprint density at radius 1 is 1.40 bits per heavy atom. The largest absolute Gasteiger partial charge is 0.468 e. The van der Waals surface area contributed by atoms with Gasteiger partial charge in [-0.15, -0.1) is 0 Å². The Morgan fingerprint density at radius 2 is 2.15 bits per heavy atom. The predicted molar refractivity (Wildman–Crippen MR) is 67.2 cm³/mol. The number of nitrogens with one attached hydrogen (secondary N) is 1. The second-order valence-corrected chi connectivity index (χ2v) is 4.29. The number of hydrogen-bond acceptors (Lipinski definition) is 3. The summed E-state index contributed by atoms with van der Waals surface area (Å²) in [7, 11) is 0. The fraction of sp³-hybridized carbons (Fsp3) is 0.538. The average molecular weight is 290 g/mol. The van der Waals surface area contributed by atoms with Gasteiger partial charge in [-0.1, -0.05) is 19.4 Å². The molecule has 1 heterocycles. The van der Waals surface area contributed by atoms with E-state index in [0.717, 1.165) is 12.8 Å². The Hall–Kier alpha value is -1.79. The molecule has 0 aliphatic rings. The van der Waals surface area contributed by atoms with Crippen LogP contribution in [0.4, 0.5) is 13.2 Å². The number of nitrogens with zero attached hydrogens (tertiary/aromatic N) is 1. The summed E-state index contributed by atoms with van der Waals surface area (Å²) in [6.07, 6.45) is -0.759. The van der Waals surface area contributed by atoms with Crippen molar-refractivity contribution in [2.24, 2.45) is 0 Å². The minimum atomic E-state index is -4.38. The SMILES string of the molecule is CCCCC(=O)NCc1ccc(OCC(F)(F)F)nc1. The molecule has 1 N–H and O–H groups in total. The standard InChI is InChI=1S/C13H17F3N2O2/c1-2-3-4-11(19)17-7-10-5-6-12(18-8-10)20-9-13(14,15)16/h5-6,8H,2-4,7,9H2,1H3,(H,17,19). The zero-order valence-corrected chi connectivity index (χ0v) is 11.2. The van der Waals surface area contributed by atoms with Crippen LogP contribution in [0.1, 0.15) is 31.7 Å². The number of halogens is 3. The highest BCUT2D eigenvalue weighted by atomic mass is 19.4. The van der Waals surface area contributed by atoms with E-state index in [1.807, 2.05) is 6.92 Å².